The van der Waals surface area contributed by atoms with E-state index in [1.807, 2.05) is 12.1 Å². The second kappa shape index (κ2) is 4.89. The molecule has 0 fully saturated rings. The van der Waals surface area contributed by atoms with E-state index in [9.17, 15) is 4.79 Å². The Morgan fingerprint density at radius 3 is 2.67 bits per heavy atom. The van der Waals surface area contributed by atoms with Crippen LogP contribution in [-0.2, 0) is 5.75 Å². The van der Waals surface area contributed by atoms with E-state index in [0.29, 0.717) is 17.3 Å². The molecule has 0 N–H and O–H groups in total. The van der Waals surface area contributed by atoms with Gasteiger partial charge in [0.15, 0.2) is 5.76 Å². The number of Topliss-reactive ketones (excluding diaryl/α,β-unsaturated/α-hetero) is 1. The zero-order valence-corrected chi connectivity index (χ0v) is 8.83. The Morgan fingerprint density at radius 2 is 2.00 bits per heavy atom. The number of carbonyl (C=O) groups is 1. The standard InChI is InChI=1S/C11H10O3S/c12-10(11-4-2-6-14-11)8-15-7-9-3-1-5-13-9/h1-6H,7-8H2. The highest BCUT2D eigenvalue weighted by molar-refractivity contribution is 7.99. The quantitative estimate of drug-likeness (QED) is 0.729. The van der Waals surface area contributed by atoms with Gasteiger partial charge in [-0.3, -0.25) is 4.79 Å². The van der Waals surface area contributed by atoms with Crippen LogP contribution in [0.15, 0.2) is 45.6 Å². The van der Waals surface area contributed by atoms with Crippen LogP contribution in [0.25, 0.3) is 0 Å². The van der Waals surface area contributed by atoms with Crippen molar-refractivity contribution in [2.45, 2.75) is 5.75 Å². The number of hydrogen-bond acceptors (Lipinski definition) is 4. The molecule has 4 heteroatoms. The van der Waals surface area contributed by atoms with Crippen molar-refractivity contribution >= 4 is 17.5 Å². The summed E-state index contributed by atoms with van der Waals surface area (Å²) in [6.07, 6.45) is 3.13. The van der Waals surface area contributed by atoms with E-state index < -0.39 is 0 Å². The second-order valence-corrected chi connectivity index (χ2v) is 3.96. The van der Waals surface area contributed by atoms with E-state index in [1.165, 1.54) is 18.0 Å². The number of hydrogen-bond donors (Lipinski definition) is 0. The summed E-state index contributed by atoms with van der Waals surface area (Å²) in [4.78, 5) is 11.5. The summed E-state index contributed by atoms with van der Waals surface area (Å²) >= 11 is 1.51. The molecule has 0 saturated heterocycles. The third kappa shape index (κ3) is 2.76. The third-order valence-corrected chi connectivity index (χ3v) is 2.81. The highest BCUT2D eigenvalue weighted by atomic mass is 32.2. The highest BCUT2D eigenvalue weighted by Crippen LogP contribution is 2.14. The summed E-state index contributed by atoms with van der Waals surface area (Å²) in [5.74, 6) is 2.43. The molecular weight excluding hydrogens is 212 g/mol. The van der Waals surface area contributed by atoms with E-state index in [-0.39, 0.29) is 5.78 Å². The molecule has 0 saturated carbocycles. The third-order valence-electron chi connectivity index (χ3n) is 1.85. The molecule has 0 unspecified atom stereocenters. The van der Waals surface area contributed by atoms with Gasteiger partial charge in [0.2, 0.25) is 5.78 Å². The topological polar surface area (TPSA) is 43.4 Å². The molecule has 15 heavy (non-hydrogen) atoms. The first kappa shape index (κ1) is 10.1. The van der Waals surface area contributed by atoms with Crippen molar-refractivity contribution < 1.29 is 13.6 Å². The number of rotatable bonds is 5. The number of carbonyl (C=O) groups excluding carboxylic acids is 1. The summed E-state index contributed by atoms with van der Waals surface area (Å²) in [6, 6.07) is 7.12. The van der Waals surface area contributed by atoms with Crippen LogP contribution in [0.5, 0.6) is 0 Å². The monoisotopic (exact) mass is 222 g/mol. The van der Waals surface area contributed by atoms with Crippen LogP contribution in [0.3, 0.4) is 0 Å². The van der Waals surface area contributed by atoms with E-state index in [4.69, 9.17) is 8.83 Å². The van der Waals surface area contributed by atoms with Crippen molar-refractivity contribution in [3.63, 3.8) is 0 Å². The fourth-order valence-electron chi connectivity index (χ4n) is 1.15. The van der Waals surface area contributed by atoms with Crippen molar-refractivity contribution in [1.29, 1.82) is 0 Å². The molecule has 2 aromatic heterocycles. The lowest BCUT2D eigenvalue weighted by atomic mass is 10.3. The van der Waals surface area contributed by atoms with Gasteiger partial charge in [-0.15, -0.1) is 11.8 Å². The number of ketones is 1. The van der Waals surface area contributed by atoms with Gasteiger partial charge < -0.3 is 8.83 Å². The smallest absolute Gasteiger partial charge is 0.207 e. The van der Waals surface area contributed by atoms with Gasteiger partial charge in [-0.25, -0.2) is 0 Å². The minimum atomic E-state index is 0.0107. The maximum Gasteiger partial charge on any atom is 0.207 e. The van der Waals surface area contributed by atoms with Gasteiger partial charge in [0, 0.05) is 0 Å². The van der Waals surface area contributed by atoms with Crippen LogP contribution >= 0.6 is 11.8 Å². The van der Waals surface area contributed by atoms with Gasteiger partial charge in [0.1, 0.15) is 5.76 Å². The molecule has 0 aliphatic rings. The van der Waals surface area contributed by atoms with Crippen molar-refractivity contribution in [1.82, 2.24) is 0 Å². The molecule has 78 valence electrons. The van der Waals surface area contributed by atoms with E-state index in [0.717, 1.165) is 5.76 Å². The Bertz CT molecular complexity index is 403. The molecule has 3 nitrogen and oxygen atoms in total. The van der Waals surface area contributed by atoms with Crippen LogP contribution in [-0.4, -0.2) is 11.5 Å². The molecule has 0 radical (unpaired) electrons. The van der Waals surface area contributed by atoms with Crippen LogP contribution < -0.4 is 0 Å². The van der Waals surface area contributed by atoms with Gasteiger partial charge in [-0.1, -0.05) is 0 Å². The van der Waals surface area contributed by atoms with Crippen molar-refractivity contribution in [3.8, 4) is 0 Å². The molecule has 0 spiro atoms. The van der Waals surface area contributed by atoms with Crippen LogP contribution in [0.1, 0.15) is 16.3 Å². The Hall–Kier alpha value is -1.42. The van der Waals surface area contributed by atoms with E-state index >= 15 is 0 Å². The predicted octanol–water partition coefficient (Wildman–Crippen LogP) is 2.99. The number of furan rings is 2. The SMILES string of the molecule is O=C(CSCc1ccco1)c1ccco1. The van der Waals surface area contributed by atoms with Gasteiger partial charge >= 0.3 is 0 Å². The first-order chi connectivity index (χ1) is 7.36. The Labute approximate surface area is 91.5 Å². The molecule has 2 heterocycles. The van der Waals surface area contributed by atoms with Crippen molar-refractivity contribution in [3.05, 3.63) is 48.3 Å². The van der Waals surface area contributed by atoms with Gasteiger partial charge in [0.05, 0.1) is 24.0 Å². The average Bonchev–Trinajstić information content (AvgIpc) is 2.90. The van der Waals surface area contributed by atoms with Crippen LogP contribution in [0, 0.1) is 0 Å². The lowest BCUT2D eigenvalue weighted by Gasteiger charge is -1.96. The molecule has 0 atom stereocenters. The maximum atomic E-state index is 11.5. The Morgan fingerprint density at radius 1 is 1.20 bits per heavy atom. The highest BCUT2D eigenvalue weighted by Gasteiger charge is 2.08. The van der Waals surface area contributed by atoms with Gasteiger partial charge in [0.25, 0.3) is 0 Å². The molecule has 0 aliphatic heterocycles. The van der Waals surface area contributed by atoms with E-state index in [2.05, 4.69) is 0 Å². The molecular formula is C11H10O3S. The first-order valence-corrected chi connectivity index (χ1v) is 5.68. The summed E-state index contributed by atoms with van der Waals surface area (Å²) < 4.78 is 10.1. The largest absolute Gasteiger partial charge is 0.468 e. The molecule has 0 aromatic carbocycles. The fourth-order valence-corrected chi connectivity index (χ4v) is 1.94. The Kier molecular flexibility index (Phi) is 3.29. The molecule has 2 aromatic rings. The maximum absolute atomic E-state index is 11.5. The first-order valence-electron chi connectivity index (χ1n) is 4.53. The molecule has 0 aliphatic carbocycles. The van der Waals surface area contributed by atoms with E-state index in [1.54, 1.807) is 18.4 Å². The van der Waals surface area contributed by atoms with Gasteiger partial charge in [-0.05, 0) is 24.3 Å². The lowest BCUT2D eigenvalue weighted by Crippen LogP contribution is -2.00. The summed E-state index contributed by atoms with van der Waals surface area (Å²) in [7, 11) is 0. The summed E-state index contributed by atoms with van der Waals surface area (Å²) in [6.45, 7) is 0. The fraction of sp³-hybridized carbons (Fsp3) is 0.182. The van der Waals surface area contributed by atoms with Gasteiger partial charge in [-0.2, -0.15) is 0 Å². The predicted molar refractivity (Wildman–Crippen MR) is 57.9 cm³/mol. The zero-order chi connectivity index (χ0) is 10.5. The zero-order valence-electron chi connectivity index (χ0n) is 8.01. The minimum absolute atomic E-state index is 0.0107. The lowest BCUT2D eigenvalue weighted by molar-refractivity contribution is 0.0992. The molecule has 0 amide bonds. The van der Waals surface area contributed by atoms with Crippen molar-refractivity contribution in [2.24, 2.45) is 0 Å². The molecule has 2 rings (SSSR count). The normalized spacial score (nSPS) is 10.4. The molecule has 0 bridgehead atoms. The Balaban J connectivity index is 1.77. The van der Waals surface area contributed by atoms with Crippen LogP contribution in [0.2, 0.25) is 0 Å². The second-order valence-electron chi connectivity index (χ2n) is 2.97. The number of thioether (sulfide) groups is 1. The summed E-state index contributed by atoms with van der Waals surface area (Å²) in [5.41, 5.74) is 0. The van der Waals surface area contributed by atoms with Crippen molar-refractivity contribution in [2.75, 3.05) is 5.75 Å². The minimum Gasteiger partial charge on any atom is -0.468 e. The average molecular weight is 222 g/mol. The van der Waals surface area contributed by atoms with Crippen LogP contribution in [0.4, 0.5) is 0 Å². The summed E-state index contributed by atoms with van der Waals surface area (Å²) in [5, 5.41) is 0.